The van der Waals surface area contributed by atoms with Gasteiger partial charge in [0.05, 0.1) is 12.7 Å². The first kappa shape index (κ1) is 9.71. The fourth-order valence-corrected chi connectivity index (χ4v) is 1.19. The largest absolute Gasteiger partial charge is 0.465 e. The van der Waals surface area contributed by atoms with E-state index in [4.69, 9.17) is 0 Å². The summed E-state index contributed by atoms with van der Waals surface area (Å²) >= 11 is 0. The number of hydrogen-bond donors (Lipinski definition) is 0. The van der Waals surface area contributed by atoms with E-state index < -0.39 is 11.8 Å². The molecule has 0 radical (unpaired) electrons. The first-order valence-electron chi connectivity index (χ1n) is 4.06. The third kappa shape index (κ3) is 1.86. The van der Waals surface area contributed by atoms with Crippen molar-refractivity contribution in [1.29, 1.82) is 0 Å². The highest BCUT2D eigenvalue weighted by atomic mass is 19.1. The van der Waals surface area contributed by atoms with Crippen LogP contribution in [-0.4, -0.2) is 13.1 Å². The van der Waals surface area contributed by atoms with E-state index in [-0.39, 0.29) is 5.56 Å². The van der Waals surface area contributed by atoms with Crippen LogP contribution in [0.3, 0.4) is 0 Å². The number of aryl methyl sites for hydroxylation is 1. The number of hydrogen-bond acceptors (Lipinski definition) is 2. The van der Waals surface area contributed by atoms with E-state index >= 15 is 0 Å². The van der Waals surface area contributed by atoms with Gasteiger partial charge in [0.1, 0.15) is 5.82 Å². The predicted octanol–water partition coefficient (Wildman–Crippen LogP) is 2.17. The molecular weight excluding hydrogens is 171 g/mol. The minimum Gasteiger partial charge on any atom is -0.465 e. The van der Waals surface area contributed by atoms with E-state index in [0.717, 1.165) is 0 Å². The van der Waals surface area contributed by atoms with Gasteiger partial charge >= 0.3 is 5.97 Å². The van der Waals surface area contributed by atoms with E-state index in [2.05, 4.69) is 4.74 Å². The Morgan fingerprint density at radius 1 is 1.54 bits per heavy atom. The molecule has 0 saturated carbocycles. The molecule has 0 saturated heterocycles. The van der Waals surface area contributed by atoms with Crippen molar-refractivity contribution in [2.24, 2.45) is 0 Å². The van der Waals surface area contributed by atoms with Crippen LogP contribution in [-0.2, 0) is 11.2 Å². The molecule has 0 aromatic heterocycles. The lowest BCUT2D eigenvalue weighted by molar-refractivity contribution is 0.0594. The second kappa shape index (κ2) is 4.03. The van der Waals surface area contributed by atoms with Gasteiger partial charge in [0.15, 0.2) is 0 Å². The Balaban J connectivity index is 3.22. The van der Waals surface area contributed by atoms with E-state index in [1.165, 1.54) is 13.2 Å². The maximum absolute atomic E-state index is 13.2. The predicted molar refractivity (Wildman–Crippen MR) is 47.1 cm³/mol. The number of rotatable bonds is 2. The van der Waals surface area contributed by atoms with Crippen LogP contribution in [0.15, 0.2) is 18.2 Å². The summed E-state index contributed by atoms with van der Waals surface area (Å²) in [6.07, 6.45) is 0.613. The summed E-state index contributed by atoms with van der Waals surface area (Å²) < 4.78 is 17.7. The van der Waals surface area contributed by atoms with Gasteiger partial charge in [-0.05, 0) is 18.1 Å². The Labute approximate surface area is 76.3 Å². The van der Waals surface area contributed by atoms with Crippen molar-refractivity contribution in [3.05, 3.63) is 35.1 Å². The standard InChI is InChI=1S/C10H11FO2/c1-3-7-5-4-6-8(11)9(7)10(12)13-2/h4-6H,3H2,1-2H3. The lowest BCUT2D eigenvalue weighted by atomic mass is 10.1. The van der Waals surface area contributed by atoms with Gasteiger partial charge in [-0.15, -0.1) is 0 Å². The molecule has 0 amide bonds. The van der Waals surface area contributed by atoms with Crippen molar-refractivity contribution >= 4 is 5.97 Å². The van der Waals surface area contributed by atoms with Crippen molar-refractivity contribution in [3.8, 4) is 0 Å². The zero-order valence-corrected chi connectivity index (χ0v) is 7.63. The average molecular weight is 182 g/mol. The van der Waals surface area contributed by atoms with Crippen LogP contribution in [0.4, 0.5) is 4.39 Å². The van der Waals surface area contributed by atoms with Crippen LogP contribution in [0.2, 0.25) is 0 Å². The highest BCUT2D eigenvalue weighted by Crippen LogP contribution is 2.14. The summed E-state index contributed by atoms with van der Waals surface area (Å²) in [7, 11) is 1.24. The molecule has 0 spiro atoms. The summed E-state index contributed by atoms with van der Waals surface area (Å²) in [5, 5.41) is 0. The van der Waals surface area contributed by atoms with E-state index in [9.17, 15) is 9.18 Å². The lowest BCUT2D eigenvalue weighted by Crippen LogP contribution is -2.08. The van der Waals surface area contributed by atoms with Crippen LogP contribution in [0.5, 0.6) is 0 Å². The molecule has 1 aromatic carbocycles. The molecule has 0 atom stereocenters. The van der Waals surface area contributed by atoms with Crippen molar-refractivity contribution in [1.82, 2.24) is 0 Å². The van der Waals surface area contributed by atoms with Crippen molar-refractivity contribution in [2.75, 3.05) is 7.11 Å². The van der Waals surface area contributed by atoms with Gasteiger partial charge in [-0.2, -0.15) is 0 Å². The number of ether oxygens (including phenoxy) is 1. The molecule has 3 heteroatoms. The summed E-state index contributed by atoms with van der Waals surface area (Å²) in [6.45, 7) is 1.86. The molecule has 1 rings (SSSR count). The summed E-state index contributed by atoms with van der Waals surface area (Å²) in [5.41, 5.74) is 0.722. The van der Waals surface area contributed by atoms with E-state index in [1.54, 1.807) is 12.1 Å². The fourth-order valence-electron chi connectivity index (χ4n) is 1.19. The molecule has 2 nitrogen and oxygen atoms in total. The molecule has 70 valence electrons. The monoisotopic (exact) mass is 182 g/mol. The number of carbonyl (C=O) groups is 1. The van der Waals surface area contributed by atoms with Crippen LogP contribution >= 0.6 is 0 Å². The lowest BCUT2D eigenvalue weighted by Gasteiger charge is -2.05. The maximum atomic E-state index is 13.2. The van der Waals surface area contributed by atoms with Crippen molar-refractivity contribution in [3.63, 3.8) is 0 Å². The molecule has 0 bridgehead atoms. The average Bonchev–Trinajstić information content (AvgIpc) is 2.16. The first-order valence-corrected chi connectivity index (χ1v) is 4.06. The summed E-state index contributed by atoms with van der Waals surface area (Å²) in [4.78, 5) is 11.2. The molecule has 0 aliphatic rings. The normalized spacial score (nSPS) is 9.77. The van der Waals surface area contributed by atoms with Gasteiger partial charge in [0.2, 0.25) is 0 Å². The molecule has 0 N–H and O–H groups in total. The molecule has 0 fully saturated rings. The Morgan fingerprint density at radius 2 is 2.23 bits per heavy atom. The van der Waals surface area contributed by atoms with Gasteiger partial charge in [-0.3, -0.25) is 0 Å². The fraction of sp³-hybridized carbons (Fsp3) is 0.300. The molecule has 1 aromatic rings. The smallest absolute Gasteiger partial charge is 0.341 e. The van der Waals surface area contributed by atoms with Crippen LogP contribution in [0.25, 0.3) is 0 Å². The zero-order chi connectivity index (χ0) is 9.84. The van der Waals surface area contributed by atoms with Gasteiger partial charge in [-0.25, -0.2) is 9.18 Å². The summed E-state index contributed by atoms with van der Waals surface area (Å²) in [6, 6.07) is 4.56. The van der Waals surface area contributed by atoms with Crippen LogP contribution in [0, 0.1) is 5.82 Å². The second-order valence-corrected chi connectivity index (χ2v) is 2.62. The summed E-state index contributed by atoms with van der Waals surface area (Å²) in [5.74, 6) is -1.14. The van der Waals surface area contributed by atoms with E-state index in [1.807, 2.05) is 6.92 Å². The van der Waals surface area contributed by atoms with Crippen LogP contribution in [0.1, 0.15) is 22.8 Å². The number of methoxy groups -OCH3 is 1. The molecule has 0 aliphatic carbocycles. The van der Waals surface area contributed by atoms with Gasteiger partial charge in [0, 0.05) is 0 Å². The Kier molecular flexibility index (Phi) is 3.01. The highest BCUT2D eigenvalue weighted by molar-refractivity contribution is 5.91. The number of benzene rings is 1. The zero-order valence-electron chi connectivity index (χ0n) is 7.63. The SMILES string of the molecule is CCc1cccc(F)c1C(=O)OC. The Bertz CT molecular complexity index is 321. The number of esters is 1. The molecular formula is C10H11FO2. The third-order valence-corrected chi connectivity index (χ3v) is 1.87. The van der Waals surface area contributed by atoms with E-state index in [0.29, 0.717) is 12.0 Å². The third-order valence-electron chi connectivity index (χ3n) is 1.87. The van der Waals surface area contributed by atoms with Gasteiger partial charge in [0.25, 0.3) is 0 Å². The number of halogens is 1. The minimum absolute atomic E-state index is 0.0486. The molecule has 0 aliphatic heterocycles. The first-order chi connectivity index (χ1) is 6.20. The highest BCUT2D eigenvalue weighted by Gasteiger charge is 2.15. The van der Waals surface area contributed by atoms with Crippen molar-refractivity contribution in [2.45, 2.75) is 13.3 Å². The quantitative estimate of drug-likeness (QED) is 0.655. The molecule has 0 unspecified atom stereocenters. The Morgan fingerprint density at radius 3 is 2.77 bits per heavy atom. The van der Waals surface area contributed by atoms with Crippen molar-refractivity contribution < 1.29 is 13.9 Å². The van der Waals surface area contributed by atoms with Crippen LogP contribution < -0.4 is 0 Å². The van der Waals surface area contributed by atoms with Gasteiger partial charge < -0.3 is 4.74 Å². The number of carbonyl (C=O) groups excluding carboxylic acids is 1. The molecule has 13 heavy (non-hydrogen) atoms. The Hall–Kier alpha value is -1.38. The second-order valence-electron chi connectivity index (χ2n) is 2.62. The topological polar surface area (TPSA) is 26.3 Å². The minimum atomic E-state index is -0.616. The molecule has 0 heterocycles. The maximum Gasteiger partial charge on any atom is 0.341 e. The van der Waals surface area contributed by atoms with Gasteiger partial charge in [-0.1, -0.05) is 19.1 Å².